The van der Waals surface area contributed by atoms with E-state index < -0.39 is 0 Å². The summed E-state index contributed by atoms with van der Waals surface area (Å²) in [5, 5.41) is 8.98. The highest BCUT2D eigenvalue weighted by molar-refractivity contribution is 5.27. The van der Waals surface area contributed by atoms with Crippen molar-refractivity contribution in [1.29, 1.82) is 0 Å². The normalized spacial score (nSPS) is 12.5. The summed E-state index contributed by atoms with van der Waals surface area (Å²) in [7, 11) is 0. The summed E-state index contributed by atoms with van der Waals surface area (Å²) in [4.78, 5) is 0. The second-order valence-electron chi connectivity index (χ2n) is 3.58. The molecule has 0 aromatic heterocycles. The van der Waals surface area contributed by atoms with E-state index in [-0.39, 0.29) is 12.5 Å². The Morgan fingerprint density at radius 1 is 1.43 bits per heavy atom. The van der Waals surface area contributed by atoms with Crippen molar-refractivity contribution in [3.05, 3.63) is 29.8 Å². The fourth-order valence-corrected chi connectivity index (χ4v) is 1.22. The summed E-state index contributed by atoms with van der Waals surface area (Å²) >= 11 is 0. The van der Waals surface area contributed by atoms with E-state index >= 15 is 0 Å². The number of aliphatic hydroxyl groups excluding tert-OH is 1. The van der Waals surface area contributed by atoms with Gasteiger partial charge in [0.2, 0.25) is 0 Å². The monoisotopic (exact) mass is 194 g/mol. The molecule has 78 valence electrons. The number of aliphatic hydroxyl groups is 1. The third-order valence-corrected chi connectivity index (χ3v) is 2.31. The Hall–Kier alpha value is -1.02. The van der Waals surface area contributed by atoms with Gasteiger partial charge in [0, 0.05) is 12.5 Å². The number of ether oxygens (including phenoxy) is 1. The molecule has 1 rings (SSSR count). The molecule has 14 heavy (non-hydrogen) atoms. The molecule has 2 heteroatoms. The zero-order valence-corrected chi connectivity index (χ0v) is 8.86. The first-order valence-electron chi connectivity index (χ1n) is 5.06. The molecule has 0 radical (unpaired) electrons. The number of hydrogen-bond acceptors (Lipinski definition) is 2. The second-order valence-corrected chi connectivity index (χ2v) is 3.58. The van der Waals surface area contributed by atoms with Crippen LogP contribution in [0.2, 0.25) is 0 Å². The molecule has 1 aromatic rings. The third-order valence-electron chi connectivity index (χ3n) is 2.31. The maximum atomic E-state index is 8.98. The van der Waals surface area contributed by atoms with Crippen LogP contribution >= 0.6 is 0 Å². The Morgan fingerprint density at radius 2 is 2.21 bits per heavy atom. The van der Waals surface area contributed by atoms with Crippen molar-refractivity contribution in [2.75, 3.05) is 13.2 Å². The highest BCUT2D eigenvalue weighted by Crippen LogP contribution is 2.14. The molecule has 0 bridgehead atoms. The van der Waals surface area contributed by atoms with Crippen LogP contribution in [0, 0.1) is 12.8 Å². The van der Waals surface area contributed by atoms with Crippen molar-refractivity contribution >= 4 is 0 Å². The van der Waals surface area contributed by atoms with Crippen LogP contribution in [0.1, 0.15) is 18.9 Å². The van der Waals surface area contributed by atoms with Gasteiger partial charge in [0.25, 0.3) is 0 Å². The average Bonchev–Trinajstić information content (AvgIpc) is 2.19. The molecule has 0 heterocycles. The van der Waals surface area contributed by atoms with Gasteiger partial charge < -0.3 is 9.84 Å². The SMILES string of the molecule is CCC(CO)COc1cccc(C)c1. The lowest BCUT2D eigenvalue weighted by Gasteiger charge is -2.13. The molecule has 2 nitrogen and oxygen atoms in total. The zero-order chi connectivity index (χ0) is 10.4. The van der Waals surface area contributed by atoms with Crippen LogP contribution in [-0.2, 0) is 0 Å². The van der Waals surface area contributed by atoms with Gasteiger partial charge >= 0.3 is 0 Å². The fourth-order valence-electron chi connectivity index (χ4n) is 1.22. The van der Waals surface area contributed by atoms with E-state index in [9.17, 15) is 0 Å². The first-order valence-corrected chi connectivity index (χ1v) is 5.06. The van der Waals surface area contributed by atoms with E-state index in [0.29, 0.717) is 6.61 Å². The molecule has 0 saturated heterocycles. The highest BCUT2D eigenvalue weighted by atomic mass is 16.5. The van der Waals surface area contributed by atoms with Gasteiger partial charge in [-0.3, -0.25) is 0 Å². The topological polar surface area (TPSA) is 29.5 Å². The van der Waals surface area contributed by atoms with Crippen molar-refractivity contribution < 1.29 is 9.84 Å². The maximum absolute atomic E-state index is 8.98. The van der Waals surface area contributed by atoms with Gasteiger partial charge in [-0.1, -0.05) is 19.1 Å². The van der Waals surface area contributed by atoms with E-state index in [2.05, 4.69) is 6.92 Å². The first-order chi connectivity index (χ1) is 6.76. The molecule has 0 aliphatic rings. The summed E-state index contributed by atoms with van der Waals surface area (Å²) < 4.78 is 5.57. The van der Waals surface area contributed by atoms with Gasteiger partial charge in [0.1, 0.15) is 5.75 Å². The van der Waals surface area contributed by atoms with E-state index in [1.165, 1.54) is 5.56 Å². The minimum absolute atomic E-state index is 0.197. The van der Waals surface area contributed by atoms with Crippen molar-refractivity contribution in [3.63, 3.8) is 0 Å². The van der Waals surface area contributed by atoms with Gasteiger partial charge in [0.05, 0.1) is 6.61 Å². The second kappa shape index (κ2) is 5.66. The molecular weight excluding hydrogens is 176 g/mol. The van der Waals surface area contributed by atoms with Crippen LogP contribution < -0.4 is 4.74 Å². The highest BCUT2D eigenvalue weighted by Gasteiger charge is 2.05. The molecule has 0 aliphatic heterocycles. The van der Waals surface area contributed by atoms with E-state index in [1.54, 1.807) is 0 Å². The molecule has 0 aliphatic carbocycles. The Balaban J connectivity index is 2.44. The summed E-state index contributed by atoms with van der Waals surface area (Å²) in [6.07, 6.45) is 0.947. The molecule has 1 aromatic carbocycles. The van der Waals surface area contributed by atoms with Crippen LogP contribution in [0.15, 0.2) is 24.3 Å². The van der Waals surface area contributed by atoms with E-state index in [0.717, 1.165) is 12.2 Å². The molecule has 1 atom stereocenters. The molecule has 0 fully saturated rings. The quantitative estimate of drug-likeness (QED) is 0.780. The van der Waals surface area contributed by atoms with Gasteiger partial charge in [-0.2, -0.15) is 0 Å². The lowest BCUT2D eigenvalue weighted by Crippen LogP contribution is -2.14. The molecule has 0 saturated carbocycles. The molecule has 0 spiro atoms. The van der Waals surface area contributed by atoms with E-state index in [4.69, 9.17) is 9.84 Å². The van der Waals surface area contributed by atoms with Gasteiger partial charge in [-0.25, -0.2) is 0 Å². The standard InChI is InChI=1S/C12H18O2/c1-3-11(8-13)9-14-12-6-4-5-10(2)7-12/h4-7,11,13H,3,8-9H2,1-2H3. The third kappa shape index (κ3) is 3.38. The van der Waals surface area contributed by atoms with Crippen LogP contribution in [0.5, 0.6) is 5.75 Å². The Morgan fingerprint density at radius 3 is 2.79 bits per heavy atom. The Labute approximate surface area is 85.5 Å². The number of rotatable bonds is 5. The minimum atomic E-state index is 0.197. The first kappa shape index (κ1) is 11.1. The summed E-state index contributed by atoms with van der Waals surface area (Å²) in [5.74, 6) is 1.13. The fraction of sp³-hybridized carbons (Fsp3) is 0.500. The van der Waals surface area contributed by atoms with Crippen LogP contribution in [0.3, 0.4) is 0 Å². The van der Waals surface area contributed by atoms with Gasteiger partial charge in [-0.05, 0) is 31.0 Å². The average molecular weight is 194 g/mol. The van der Waals surface area contributed by atoms with Crippen LogP contribution in [0.4, 0.5) is 0 Å². The van der Waals surface area contributed by atoms with Gasteiger partial charge in [0.15, 0.2) is 0 Å². The Bertz CT molecular complexity index is 267. The minimum Gasteiger partial charge on any atom is -0.493 e. The van der Waals surface area contributed by atoms with Crippen molar-refractivity contribution in [3.8, 4) is 5.75 Å². The predicted molar refractivity (Wildman–Crippen MR) is 57.5 cm³/mol. The summed E-state index contributed by atoms with van der Waals surface area (Å²) in [5.41, 5.74) is 1.19. The molecular formula is C12H18O2. The van der Waals surface area contributed by atoms with Gasteiger partial charge in [-0.15, -0.1) is 0 Å². The summed E-state index contributed by atoms with van der Waals surface area (Å²) in [6.45, 7) is 4.88. The predicted octanol–water partition coefficient (Wildman–Crippen LogP) is 2.39. The molecule has 1 N–H and O–H groups in total. The zero-order valence-electron chi connectivity index (χ0n) is 8.86. The lowest BCUT2D eigenvalue weighted by atomic mass is 10.1. The van der Waals surface area contributed by atoms with E-state index in [1.807, 2.05) is 31.2 Å². The lowest BCUT2D eigenvalue weighted by molar-refractivity contribution is 0.159. The molecule has 0 amide bonds. The largest absolute Gasteiger partial charge is 0.493 e. The van der Waals surface area contributed by atoms with Crippen LogP contribution in [-0.4, -0.2) is 18.3 Å². The number of aryl methyl sites for hydroxylation is 1. The summed E-state index contributed by atoms with van der Waals surface area (Å²) in [6, 6.07) is 7.96. The van der Waals surface area contributed by atoms with Crippen molar-refractivity contribution in [1.82, 2.24) is 0 Å². The Kier molecular flexibility index (Phi) is 4.47. The van der Waals surface area contributed by atoms with Crippen molar-refractivity contribution in [2.24, 2.45) is 5.92 Å². The van der Waals surface area contributed by atoms with Crippen molar-refractivity contribution in [2.45, 2.75) is 20.3 Å². The maximum Gasteiger partial charge on any atom is 0.119 e. The van der Waals surface area contributed by atoms with Crippen LogP contribution in [0.25, 0.3) is 0 Å². The number of hydrogen-bond donors (Lipinski definition) is 1. The molecule has 1 unspecified atom stereocenters. The smallest absolute Gasteiger partial charge is 0.119 e. The number of benzene rings is 1.